The number of H-pyrrole nitrogens is 1. The molecule has 5 N–H and O–H groups in total. The third-order valence-corrected chi connectivity index (χ3v) is 2.52. The zero-order valence-corrected chi connectivity index (χ0v) is 8.25. The molecule has 3 heteroatoms. The minimum Gasteiger partial charge on any atom is -0.361 e. The molecule has 74 valence electrons. The summed E-state index contributed by atoms with van der Waals surface area (Å²) in [6, 6.07) is 6.21. The van der Waals surface area contributed by atoms with Crippen molar-refractivity contribution in [1.82, 2.24) is 4.98 Å². The average molecular weight is 189 g/mol. The molecule has 0 aliphatic heterocycles. The molecule has 1 unspecified atom stereocenters. The molecule has 14 heavy (non-hydrogen) atoms. The molecule has 1 aromatic heterocycles. The average Bonchev–Trinajstić information content (AvgIpc) is 2.59. The second-order valence-electron chi connectivity index (χ2n) is 3.64. The van der Waals surface area contributed by atoms with E-state index in [2.05, 4.69) is 30.1 Å². The van der Waals surface area contributed by atoms with E-state index in [0.717, 1.165) is 11.1 Å². The van der Waals surface area contributed by atoms with Crippen LogP contribution in [0.15, 0.2) is 24.4 Å². The number of hydrogen-bond donors (Lipinski definition) is 3. The maximum atomic E-state index is 5.90. The van der Waals surface area contributed by atoms with E-state index in [1.54, 1.807) is 0 Å². The second kappa shape index (κ2) is 3.44. The number of nitrogens with one attached hydrogen (secondary N) is 1. The zero-order valence-electron chi connectivity index (χ0n) is 8.25. The van der Waals surface area contributed by atoms with Gasteiger partial charge >= 0.3 is 0 Å². The zero-order chi connectivity index (χ0) is 10.1. The van der Waals surface area contributed by atoms with Crippen LogP contribution in [0.3, 0.4) is 0 Å². The fourth-order valence-electron chi connectivity index (χ4n) is 1.70. The van der Waals surface area contributed by atoms with Gasteiger partial charge in [-0.2, -0.15) is 0 Å². The van der Waals surface area contributed by atoms with Crippen molar-refractivity contribution < 1.29 is 0 Å². The number of aromatic amines is 1. The van der Waals surface area contributed by atoms with E-state index in [1.807, 2.05) is 6.20 Å². The molecule has 2 aromatic rings. The topological polar surface area (TPSA) is 67.8 Å². The van der Waals surface area contributed by atoms with Crippen LogP contribution in [0.5, 0.6) is 0 Å². The highest BCUT2D eigenvalue weighted by atomic mass is 14.8. The lowest BCUT2D eigenvalue weighted by Crippen LogP contribution is -2.20. The fraction of sp³-hybridized carbons (Fsp3) is 0.273. The first-order valence-electron chi connectivity index (χ1n) is 4.75. The minimum absolute atomic E-state index is 0.0774. The summed E-state index contributed by atoms with van der Waals surface area (Å²) in [4.78, 5) is 3.21. The largest absolute Gasteiger partial charge is 0.361 e. The summed E-state index contributed by atoms with van der Waals surface area (Å²) >= 11 is 0. The predicted octanol–water partition coefficient (Wildman–Crippen LogP) is 1.43. The van der Waals surface area contributed by atoms with E-state index in [1.165, 1.54) is 10.9 Å². The first-order valence-corrected chi connectivity index (χ1v) is 4.75. The Labute approximate surface area is 83.1 Å². The summed E-state index contributed by atoms with van der Waals surface area (Å²) in [5, 5.41) is 1.17. The van der Waals surface area contributed by atoms with Crippen LogP contribution < -0.4 is 11.5 Å². The van der Waals surface area contributed by atoms with Crippen molar-refractivity contribution in [3.05, 3.63) is 35.5 Å². The normalized spacial score (nSPS) is 13.4. The van der Waals surface area contributed by atoms with Gasteiger partial charge in [-0.25, -0.2) is 0 Å². The lowest BCUT2D eigenvalue weighted by Gasteiger charge is -2.06. The van der Waals surface area contributed by atoms with Crippen LogP contribution in [-0.2, 0) is 0 Å². The fourth-order valence-corrected chi connectivity index (χ4v) is 1.70. The van der Waals surface area contributed by atoms with Crippen LogP contribution in [-0.4, -0.2) is 11.5 Å². The number of fused-ring (bicyclic) bond motifs is 1. The van der Waals surface area contributed by atoms with Gasteiger partial charge in [0.2, 0.25) is 0 Å². The molecule has 0 radical (unpaired) electrons. The number of benzene rings is 1. The Morgan fingerprint density at radius 1 is 1.43 bits per heavy atom. The molecule has 0 aliphatic carbocycles. The Morgan fingerprint density at radius 2 is 2.21 bits per heavy atom. The summed E-state index contributed by atoms with van der Waals surface area (Å²) in [5.41, 5.74) is 14.9. The monoisotopic (exact) mass is 189 g/mol. The highest BCUT2D eigenvalue weighted by Gasteiger charge is 2.09. The Balaban J connectivity index is 2.58. The molecule has 0 amide bonds. The van der Waals surface area contributed by atoms with Crippen LogP contribution >= 0.6 is 0 Å². The van der Waals surface area contributed by atoms with Crippen molar-refractivity contribution in [2.24, 2.45) is 11.5 Å². The lowest BCUT2D eigenvalue weighted by atomic mass is 10.1. The molecule has 0 saturated heterocycles. The smallest absolute Gasteiger partial charge is 0.0460 e. The first-order chi connectivity index (χ1) is 6.72. The Bertz CT molecular complexity index is 445. The van der Waals surface area contributed by atoms with Crippen molar-refractivity contribution in [3.63, 3.8) is 0 Å². The quantitative estimate of drug-likeness (QED) is 0.669. The Hall–Kier alpha value is -1.32. The van der Waals surface area contributed by atoms with Crippen molar-refractivity contribution in [1.29, 1.82) is 0 Å². The van der Waals surface area contributed by atoms with Crippen LogP contribution in [0.2, 0.25) is 0 Å². The van der Waals surface area contributed by atoms with E-state index in [4.69, 9.17) is 11.5 Å². The van der Waals surface area contributed by atoms with Crippen LogP contribution in [0.1, 0.15) is 17.2 Å². The molecule has 0 spiro atoms. The summed E-state index contributed by atoms with van der Waals surface area (Å²) in [5.74, 6) is 0. The van der Waals surface area contributed by atoms with E-state index < -0.39 is 0 Å². The van der Waals surface area contributed by atoms with Gasteiger partial charge in [0, 0.05) is 29.7 Å². The van der Waals surface area contributed by atoms with Gasteiger partial charge in [0.15, 0.2) is 0 Å². The third kappa shape index (κ3) is 1.41. The Morgan fingerprint density at radius 3 is 2.93 bits per heavy atom. The summed E-state index contributed by atoms with van der Waals surface area (Å²) in [6.45, 7) is 2.55. The number of rotatable bonds is 2. The number of nitrogens with two attached hydrogens (primary N) is 2. The van der Waals surface area contributed by atoms with Gasteiger partial charge in [0.1, 0.15) is 0 Å². The van der Waals surface area contributed by atoms with E-state index in [-0.39, 0.29) is 6.04 Å². The summed E-state index contributed by atoms with van der Waals surface area (Å²) in [7, 11) is 0. The molecule has 3 nitrogen and oxygen atoms in total. The number of hydrogen-bond acceptors (Lipinski definition) is 2. The Kier molecular flexibility index (Phi) is 2.27. The van der Waals surface area contributed by atoms with Gasteiger partial charge in [0.05, 0.1) is 0 Å². The molecular formula is C11H15N3. The molecule has 1 heterocycles. The molecule has 0 saturated carbocycles. The predicted molar refractivity (Wildman–Crippen MR) is 59.0 cm³/mol. The second-order valence-corrected chi connectivity index (χ2v) is 3.64. The van der Waals surface area contributed by atoms with Crippen LogP contribution in [0.25, 0.3) is 10.9 Å². The maximum Gasteiger partial charge on any atom is 0.0460 e. The molecule has 0 fully saturated rings. The van der Waals surface area contributed by atoms with E-state index >= 15 is 0 Å². The van der Waals surface area contributed by atoms with Crippen LogP contribution in [0, 0.1) is 6.92 Å². The van der Waals surface area contributed by atoms with Gasteiger partial charge in [-0.05, 0) is 24.1 Å². The number of aryl methyl sites for hydroxylation is 1. The molecule has 1 aromatic carbocycles. The van der Waals surface area contributed by atoms with Crippen molar-refractivity contribution >= 4 is 10.9 Å². The number of aromatic nitrogens is 1. The molecular weight excluding hydrogens is 174 g/mol. The minimum atomic E-state index is -0.0774. The standard InChI is InChI=1S/C11H15N3/c1-7-2-3-8-9(10(13)5-12)6-14-11(8)4-7/h2-4,6,10,14H,5,12-13H2,1H3. The van der Waals surface area contributed by atoms with Crippen molar-refractivity contribution in [2.45, 2.75) is 13.0 Å². The first kappa shape index (κ1) is 9.24. The van der Waals surface area contributed by atoms with Gasteiger partial charge in [0.25, 0.3) is 0 Å². The summed E-state index contributed by atoms with van der Waals surface area (Å²) in [6.07, 6.45) is 1.95. The molecule has 0 bridgehead atoms. The van der Waals surface area contributed by atoms with E-state index in [9.17, 15) is 0 Å². The molecule has 0 aliphatic rings. The SMILES string of the molecule is Cc1ccc2c(C(N)CN)c[nH]c2c1. The van der Waals surface area contributed by atoms with Crippen LogP contribution in [0.4, 0.5) is 0 Å². The lowest BCUT2D eigenvalue weighted by molar-refractivity contribution is 0.743. The van der Waals surface area contributed by atoms with Gasteiger partial charge in [-0.15, -0.1) is 0 Å². The summed E-state index contributed by atoms with van der Waals surface area (Å²) < 4.78 is 0. The third-order valence-electron chi connectivity index (χ3n) is 2.52. The highest BCUT2D eigenvalue weighted by Crippen LogP contribution is 2.23. The van der Waals surface area contributed by atoms with Gasteiger partial charge in [-0.1, -0.05) is 12.1 Å². The van der Waals surface area contributed by atoms with Crippen molar-refractivity contribution in [3.8, 4) is 0 Å². The van der Waals surface area contributed by atoms with E-state index in [0.29, 0.717) is 6.54 Å². The van der Waals surface area contributed by atoms with Crippen molar-refractivity contribution in [2.75, 3.05) is 6.54 Å². The van der Waals surface area contributed by atoms with Gasteiger partial charge in [-0.3, -0.25) is 0 Å². The van der Waals surface area contributed by atoms with Gasteiger partial charge < -0.3 is 16.5 Å². The maximum absolute atomic E-state index is 5.90. The molecule has 2 rings (SSSR count). The molecule has 1 atom stereocenters. The highest BCUT2D eigenvalue weighted by molar-refractivity contribution is 5.84.